The predicted molar refractivity (Wildman–Crippen MR) is 77.5 cm³/mol. The molecule has 20 heavy (non-hydrogen) atoms. The van der Waals surface area contributed by atoms with Crippen molar-refractivity contribution in [3.63, 3.8) is 0 Å². The minimum Gasteiger partial charge on any atom is -0.508 e. The van der Waals surface area contributed by atoms with Crippen LogP contribution in [-0.2, 0) is 6.42 Å². The normalized spacial score (nSPS) is 14.4. The number of fused-ring (bicyclic) bond motifs is 1. The van der Waals surface area contributed by atoms with E-state index in [9.17, 15) is 10.2 Å². The average Bonchev–Trinajstić information content (AvgIpc) is 2.85. The summed E-state index contributed by atoms with van der Waals surface area (Å²) >= 11 is 0. The van der Waals surface area contributed by atoms with Crippen LogP contribution in [0, 0.1) is 0 Å². The lowest BCUT2D eigenvalue weighted by atomic mass is 10.1. The van der Waals surface area contributed by atoms with Gasteiger partial charge in [-0.1, -0.05) is 0 Å². The van der Waals surface area contributed by atoms with Crippen molar-refractivity contribution in [3.05, 3.63) is 47.5 Å². The first-order valence-electron chi connectivity index (χ1n) is 6.67. The number of phenolic OH excluding ortho intramolecular Hbond substituents is 2. The molecule has 3 rings (SSSR count). The minimum absolute atomic E-state index is 0.0593. The number of nitrogens with one attached hydrogen (secondary N) is 1. The third-order valence-corrected chi connectivity index (χ3v) is 3.55. The Labute approximate surface area is 117 Å². The molecule has 4 heteroatoms. The number of rotatable bonds is 3. The lowest BCUT2D eigenvalue weighted by Crippen LogP contribution is -2.06. The molecule has 4 nitrogen and oxygen atoms in total. The highest BCUT2D eigenvalue weighted by molar-refractivity contribution is 5.54. The van der Waals surface area contributed by atoms with Crippen LogP contribution in [0.1, 0.15) is 24.1 Å². The number of aromatic hydroxyl groups is 2. The van der Waals surface area contributed by atoms with E-state index in [1.807, 2.05) is 19.1 Å². The summed E-state index contributed by atoms with van der Waals surface area (Å²) in [5, 5.41) is 22.5. The van der Waals surface area contributed by atoms with Crippen LogP contribution in [0.2, 0.25) is 0 Å². The molecule has 0 aliphatic carbocycles. The maximum Gasteiger partial charge on any atom is 0.124 e. The van der Waals surface area contributed by atoms with Gasteiger partial charge in [0, 0.05) is 23.7 Å². The molecule has 1 atom stereocenters. The van der Waals surface area contributed by atoms with Crippen LogP contribution in [-0.4, -0.2) is 16.8 Å². The summed E-state index contributed by atoms with van der Waals surface area (Å²) < 4.78 is 5.48. The van der Waals surface area contributed by atoms with Gasteiger partial charge in [0.05, 0.1) is 12.6 Å². The summed E-state index contributed by atoms with van der Waals surface area (Å²) in [6.07, 6.45) is 0.934. The Bertz CT molecular complexity index is 640. The fourth-order valence-corrected chi connectivity index (χ4v) is 2.50. The molecule has 0 saturated carbocycles. The Balaban J connectivity index is 1.80. The van der Waals surface area contributed by atoms with E-state index >= 15 is 0 Å². The predicted octanol–water partition coefficient (Wildman–Crippen LogP) is 3.21. The highest BCUT2D eigenvalue weighted by atomic mass is 16.5. The molecular weight excluding hydrogens is 254 g/mol. The molecule has 0 amide bonds. The summed E-state index contributed by atoms with van der Waals surface area (Å²) in [6.45, 7) is 2.71. The lowest BCUT2D eigenvalue weighted by molar-refractivity contribution is 0.357. The fraction of sp³-hybridized carbons (Fsp3) is 0.250. The molecular formula is C16H17NO3. The Hall–Kier alpha value is -2.36. The number of hydrogen-bond donors (Lipinski definition) is 3. The highest BCUT2D eigenvalue weighted by Gasteiger charge is 2.14. The third-order valence-electron chi connectivity index (χ3n) is 3.55. The average molecular weight is 271 g/mol. The molecule has 1 heterocycles. The fourth-order valence-electron chi connectivity index (χ4n) is 2.50. The molecule has 1 unspecified atom stereocenters. The summed E-state index contributed by atoms with van der Waals surface area (Å²) in [7, 11) is 0. The first-order chi connectivity index (χ1) is 9.63. The monoisotopic (exact) mass is 271 g/mol. The van der Waals surface area contributed by atoms with E-state index in [-0.39, 0.29) is 17.5 Å². The van der Waals surface area contributed by atoms with Crippen LogP contribution < -0.4 is 10.1 Å². The van der Waals surface area contributed by atoms with Crippen LogP contribution >= 0.6 is 0 Å². The molecule has 104 valence electrons. The van der Waals surface area contributed by atoms with Gasteiger partial charge in [0.15, 0.2) is 0 Å². The molecule has 0 saturated heterocycles. The zero-order chi connectivity index (χ0) is 14.1. The zero-order valence-corrected chi connectivity index (χ0v) is 11.3. The topological polar surface area (TPSA) is 61.7 Å². The Morgan fingerprint density at radius 1 is 1.15 bits per heavy atom. The van der Waals surface area contributed by atoms with Crippen LogP contribution in [0.25, 0.3) is 0 Å². The first kappa shape index (κ1) is 12.7. The second-order valence-electron chi connectivity index (χ2n) is 5.03. The van der Waals surface area contributed by atoms with Crippen molar-refractivity contribution < 1.29 is 14.9 Å². The number of anilines is 1. The van der Waals surface area contributed by atoms with E-state index in [1.54, 1.807) is 12.1 Å². The van der Waals surface area contributed by atoms with Crippen molar-refractivity contribution in [1.82, 2.24) is 0 Å². The van der Waals surface area contributed by atoms with Crippen molar-refractivity contribution in [1.29, 1.82) is 0 Å². The molecule has 0 bridgehead atoms. The van der Waals surface area contributed by atoms with Crippen LogP contribution in [0.3, 0.4) is 0 Å². The van der Waals surface area contributed by atoms with Gasteiger partial charge < -0.3 is 20.3 Å². The van der Waals surface area contributed by atoms with E-state index in [2.05, 4.69) is 11.4 Å². The number of hydrogen-bond acceptors (Lipinski definition) is 4. The molecule has 2 aromatic carbocycles. The second-order valence-corrected chi connectivity index (χ2v) is 5.03. The van der Waals surface area contributed by atoms with E-state index in [4.69, 9.17) is 4.74 Å². The molecule has 0 aromatic heterocycles. The van der Waals surface area contributed by atoms with E-state index < -0.39 is 0 Å². The minimum atomic E-state index is -0.0593. The third kappa shape index (κ3) is 2.37. The maximum atomic E-state index is 9.87. The first-order valence-corrected chi connectivity index (χ1v) is 6.67. The number of benzene rings is 2. The molecule has 2 aromatic rings. The van der Waals surface area contributed by atoms with Gasteiger partial charge in [-0.3, -0.25) is 0 Å². The summed E-state index contributed by atoms with van der Waals surface area (Å²) in [4.78, 5) is 0. The molecule has 0 radical (unpaired) electrons. The quantitative estimate of drug-likeness (QED) is 0.802. The smallest absolute Gasteiger partial charge is 0.124 e. The van der Waals surface area contributed by atoms with Crippen LogP contribution in [0.5, 0.6) is 17.2 Å². The Morgan fingerprint density at radius 2 is 2.00 bits per heavy atom. The van der Waals surface area contributed by atoms with Gasteiger partial charge in [0.2, 0.25) is 0 Å². The van der Waals surface area contributed by atoms with Gasteiger partial charge in [-0.05, 0) is 42.8 Å². The van der Waals surface area contributed by atoms with Crippen LogP contribution in [0.4, 0.5) is 5.69 Å². The second kappa shape index (κ2) is 4.96. The van der Waals surface area contributed by atoms with E-state index in [1.165, 1.54) is 11.6 Å². The Morgan fingerprint density at radius 3 is 2.80 bits per heavy atom. The van der Waals surface area contributed by atoms with E-state index in [0.717, 1.165) is 30.0 Å². The van der Waals surface area contributed by atoms with Crippen molar-refractivity contribution in [2.24, 2.45) is 0 Å². The van der Waals surface area contributed by atoms with Gasteiger partial charge in [0.1, 0.15) is 17.2 Å². The van der Waals surface area contributed by atoms with Gasteiger partial charge in [-0.15, -0.1) is 0 Å². The summed E-state index contributed by atoms with van der Waals surface area (Å²) in [5.74, 6) is 1.11. The van der Waals surface area contributed by atoms with Crippen molar-refractivity contribution in [2.45, 2.75) is 19.4 Å². The van der Waals surface area contributed by atoms with E-state index in [0.29, 0.717) is 0 Å². The van der Waals surface area contributed by atoms with Crippen molar-refractivity contribution in [3.8, 4) is 17.2 Å². The van der Waals surface area contributed by atoms with Crippen molar-refractivity contribution >= 4 is 5.69 Å². The largest absolute Gasteiger partial charge is 0.508 e. The SMILES string of the molecule is CC(Nc1ccc2c(c1)CCO2)c1ccc(O)cc1O. The Kier molecular flexibility index (Phi) is 3.14. The van der Waals surface area contributed by atoms with Gasteiger partial charge >= 0.3 is 0 Å². The summed E-state index contributed by atoms with van der Waals surface area (Å²) in [6, 6.07) is 10.6. The molecule has 0 fully saturated rings. The molecule has 3 N–H and O–H groups in total. The zero-order valence-electron chi connectivity index (χ0n) is 11.3. The molecule has 1 aliphatic rings. The number of ether oxygens (including phenoxy) is 1. The van der Waals surface area contributed by atoms with Gasteiger partial charge in [0.25, 0.3) is 0 Å². The standard InChI is InChI=1S/C16H17NO3/c1-10(14-4-3-13(18)9-15(14)19)17-12-2-5-16-11(8-12)6-7-20-16/h2-5,8-10,17-19H,6-7H2,1H3. The summed E-state index contributed by atoms with van der Waals surface area (Å²) in [5.41, 5.74) is 2.95. The molecule has 0 spiro atoms. The van der Waals surface area contributed by atoms with Crippen molar-refractivity contribution in [2.75, 3.05) is 11.9 Å². The maximum absolute atomic E-state index is 9.87. The molecule has 1 aliphatic heterocycles. The number of phenols is 2. The highest BCUT2D eigenvalue weighted by Crippen LogP contribution is 2.32. The van der Waals surface area contributed by atoms with Crippen LogP contribution in [0.15, 0.2) is 36.4 Å². The van der Waals surface area contributed by atoms with Gasteiger partial charge in [-0.2, -0.15) is 0 Å². The van der Waals surface area contributed by atoms with Gasteiger partial charge in [-0.25, -0.2) is 0 Å². The lowest BCUT2D eigenvalue weighted by Gasteiger charge is -2.17.